The first-order chi connectivity index (χ1) is 8.79. The van der Waals surface area contributed by atoms with E-state index in [9.17, 15) is 4.39 Å². The molecule has 1 fully saturated rings. The molecule has 3 nitrogen and oxygen atoms in total. The molecule has 1 N–H and O–H groups in total. The Bertz CT molecular complexity index is 380. The predicted molar refractivity (Wildman–Crippen MR) is 68.5 cm³/mol. The molecule has 1 saturated carbocycles. The Morgan fingerprint density at radius 2 is 2.17 bits per heavy atom. The Balaban J connectivity index is 1.62. The fourth-order valence-corrected chi connectivity index (χ4v) is 1.76. The molecule has 0 spiro atoms. The lowest BCUT2D eigenvalue weighted by Gasteiger charge is -2.07. The van der Waals surface area contributed by atoms with Crippen molar-refractivity contribution in [3.05, 3.63) is 29.6 Å². The maximum Gasteiger partial charge on any atom is 0.130 e. The molecule has 4 heteroatoms. The summed E-state index contributed by atoms with van der Waals surface area (Å²) in [7, 11) is 1.53. The third-order valence-corrected chi connectivity index (χ3v) is 3.03. The van der Waals surface area contributed by atoms with E-state index >= 15 is 0 Å². The van der Waals surface area contributed by atoms with Gasteiger partial charge in [-0.15, -0.1) is 0 Å². The molecule has 0 radical (unpaired) electrons. The summed E-state index contributed by atoms with van der Waals surface area (Å²) in [5.74, 6) is 0.319. The van der Waals surface area contributed by atoms with Crippen LogP contribution in [0.2, 0.25) is 0 Å². The average Bonchev–Trinajstić information content (AvgIpc) is 3.19. The van der Waals surface area contributed by atoms with Gasteiger partial charge in [0.25, 0.3) is 0 Å². The molecule has 0 heterocycles. The zero-order valence-corrected chi connectivity index (χ0v) is 10.7. The van der Waals surface area contributed by atoms with E-state index in [2.05, 4.69) is 5.32 Å². The summed E-state index contributed by atoms with van der Waals surface area (Å²) in [4.78, 5) is 0. The minimum atomic E-state index is -0.228. The molecule has 0 aliphatic heterocycles. The highest BCUT2D eigenvalue weighted by molar-refractivity contribution is 5.28. The van der Waals surface area contributed by atoms with Crippen LogP contribution in [0, 0.1) is 5.82 Å². The topological polar surface area (TPSA) is 30.5 Å². The molecule has 0 amide bonds. The van der Waals surface area contributed by atoms with Crippen LogP contribution in [0.3, 0.4) is 0 Å². The van der Waals surface area contributed by atoms with Crippen molar-refractivity contribution in [2.24, 2.45) is 0 Å². The third-order valence-electron chi connectivity index (χ3n) is 3.03. The van der Waals surface area contributed by atoms with Crippen LogP contribution >= 0.6 is 0 Å². The van der Waals surface area contributed by atoms with Gasteiger partial charge in [0.2, 0.25) is 0 Å². The summed E-state index contributed by atoms with van der Waals surface area (Å²) in [6.07, 6.45) is 3.17. The quantitative estimate of drug-likeness (QED) is 0.720. The van der Waals surface area contributed by atoms with Gasteiger partial charge in [-0.1, -0.05) is 6.07 Å². The van der Waals surface area contributed by atoms with Crippen molar-refractivity contribution in [3.8, 4) is 5.75 Å². The van der Waals surface area contributed by atoms with E-state index < -0.39 is 0 Å². The zero-order chi connectivity index (χ0) is 12.8. The first-order valence-corrected chi connectivity index (χ1v) is 6.43. The Kier molecular flexibility index (Phi) is 4.96. The fourth-order valence-electron chi connectivity index (χ4n) is 1.76. The van der Waals surface area contributed by atoms with Crippen LogP contribution in [0.15, 0.2) is 18.2 Å². The van der Waals surface area contributed by atoms with Gasteiger partial charge in [-0.25, -0.2) is 4.39 Å². The highest BCUT2D eigenvalue weighted by atomic mass is 19.1. The molecular formula is C14H20FNO2. The zero-order valence-electron chi connectivity index (χ0n) is 10.7. The Morgan fingerprint density at radius 1 is 1.33 bits per heavy atom. The van der Waals surface area contributed by atoms with Crippen molar-refractivity contribution < 1.29 is 13.9 Å². The number of ether oxygens (including phenoxy) is 2. The lowest BCUT2D eigenvalue weighted by Crippen LogP contribution is -2.22. The van der Waals surface area contributed by atoms with Crippen LogP contribution in [-0.2, 0) is 11.2 Å². The smallest absolute Gasteiger partial charge is 0.130 e. The highest BCUT2D eigenvalue weighted by Gasteiger charge is 2.19. The number of hydrogen-bond donors (Lipinski definition) is 1. The van der Waals surface area contributed by atoms with Gasteiger partial charge in [0.15, 0.2) is 0 Å². The minimum absolute atomic E-state index is 0.228. The predicted octanol–water partition coefficient (Wildman–Crippen LogP) is 2.15. The van der Waals surface area contributed by atoms with Gasteiger partial charge in [0, 0.05) is 18.7 Å². The summed E-state index contributed by atoms with van der Waals surface area (Å²) in [6, 6.07) is 5.64. The number of rotatable bonds is 8. The summed E-state index contributed by atoms with van der Waals surface area (Å²) < 4.78 is 24.0. The van der Waals surface area contributed by atoms with Crippen molar-refractivity contribution in [2.45, 2.75) is 25.3 Å². The molecule has 0 unspecified atom stereocenters. The van der Waals surface area contributed by atoms with Crippen LogP contribution in [0.4, 0.5) is 4.39 Å². The number of benzene rings is 1. The fraction of sp³-hybridized carbons (Fsp3) is 0.571. The third kappa shape index (κ3) is 4.27. The maximum absolute atomic E-state index is 13.6. The van der Waals surface area contributed by atoms with E-state index in [4.69, 9.17) is 9.47 Å². The van der Waals surface area contributed by atoms with Crippen molar-refractivity contribution in [1.82, 2.24) is 5.32 Å². The lowest BCUT2D eigenvalue weighted by molar-refractivity contribution is 0.138. The molecule has 0 aromatic heterocycles. The van der Waals surface area contributed by atoms with Gasteiger partial charge >= 0.3 is 0 Å². The molecule has 0 saturated heterocycles. The Morgan fingerprint density at radius 3 is 2.83 bits per heavy atom. The first-order valence-electron chi connectivity index (χ1n) is 6.43. The van der Waals surface area contributed by atoms with Crippen molar-refractivity contribution >= 4 is 0 Å². The molecule has 2 rings (SSSR count). The minimum Gasteiger partial charge on any atom is -0.497 e. The van der Waals surface area contributed by atoms with E-state index in [1.54, 1.807) is 12.1 Å². The van der Waals surface area contributed by atoms with Crippen LogP contribution in [0.25, 0.3) is 0 Å². The molecule has 1 aliphatic rings. The summed E-state index contributed by atoms with van der Waals surface area (Å²) in [5.41, 5.74) is 0.672. The van der Waals surface area contributed by atoms with E-state index in [1.165, 1.54) is 26.0 Å². The van der Waals surface area contributed by atoms with E-state index in [0.717, 1.165) is 6.54 Å². The van der Waals surface area contributed by atoms with Gasteiger partial charge in [-0.2, -0.15) is 0 Å². The Hall–Kier alpha value is -1.13. The summed E-state index contributed by atoms with van der Waals surface area (Å²) in [5, 5.41) is 3.37. The van der Waals surface area contributed by atoms with Crippen LogP contribution in [0.5, 0.6) is 5.75 Å². The van der Waals surface area contributed by atoms with Crippen molar-refractivity contribution in [2.75, 3.05) is 26.9 Å². The summed E-state index contributed by atoms with van der Waals surface area (Å²) >= 11 is 0. The summed E-state index contributed by atoms with van der Waals surface area (Å²) in [6.45, 7) is 2.12. The van der Waals surface area contributed by atoms with Gasteiger partial charge in [-0.05, 0) is 30.9 Å². The monoisotopic (exact) mass is 253 g/mol. The van der Waals surface area contributed by atoms with Gasteiger partial charge in [0.05, 0.1) is 20.3 Å². The molecule has 100 valence electrons. The number of halogens is 1. The van der Waals surface area contributed by atoms with Gasteiger partial charge in [-0.3, -0.25) is 0 Å². The van der Waals surface area contributed by atoms with Crippen molar-refractivity contribution in [1.29, 1.82) is 0 Å². The standard InChI is InChI=1S/C14H20FNO2/c1-17-13-5-2-11(14(15)10-13)6-8-18-9-7-16-12-3-4-12/h2,5,10,12,16H,3-4,6-9H2,1H3. The lowest BCUT2D eigenvalue weighted by atomic mass is 10.1. The van der Waals surface area contributed by atoms with Crippen LogP contribution in [0.1, 0.15) is 18.4 Å². The first kappa shape index (κ1) is 13.3. The second kappa shape index (κ2) is 6.71. The number of hydrogen-bond acceptors (Lipinski definition) is 3. The van der Waals surface area contributed by atoms with Gasteiger partial charge in [0.1, 0.15) is 11.6 Å². The molecule has 0 atom stereocenters. The molecule has 1 aliphatic carbocycles. The Labute approximate surface area is 107 Å². The molecule has 18 heavy (non-hydrogen) atoms. The second-order valence-corrected chi connectivity index (χ2v) is 4.55. The van der Waals surface area contributed by atoms with Crippen LogP contribution < -0.4 is 10.1 Å². The average molecular weight is 253 g/mol. The molecule has 1 aromatic rings. The van der Waals surface area contributed by atoms with Gasteiger partial charge < -0.3 is 14.8 Å². The SMILES string of the molecule is COc1ccc(CCOCCNC2CC2)c(F)c1. The van der Waals surface area contributed by atoms with Crippen molar-refractivity contribution in [3.63, 3.8) is 0 Å². The molecular weight excluding hydrogens is 233 g/mol. The maximum atomic E-state index is 13.6. The molecule has 0 bridgehead atoms. The number of methoxy groups -OCH3 is 1. The molecule has 1 aromatic carbocycles. The van der Waals surface area contributed by atoms with E-state index in [0.29, 0.717) is 37.0 Å². The highest BCUT2D eigenvalue weighted by Crippen LogP contribution is 2.18. The van der Waals surface area contributed by atoms with Crippen LogP contribution in [-0.4, -0.2) is 32.9 Å². The van der Waals surface area contributed by atoms with E-state index in [1.807, 2.05) is 0 Å². The second-order valence-electron chi connectivity index (χ2n) is 4.55. The number of nitrogens with one attached hydrogen (secondary N) is 1. The van der Waals surface area contributed by atoms with E-state index in [-0.39, 0.29) is 5.82 Å². The normalized spacial score (nSPS) is 14.8. The largest absolute Gasteiger partial charge is 0.497 e.